The van der Waals surface area contributed by atoms with E-state index < -0.39 is 0 Å². The van der Waals surface area contributed by atoms with Crippen molar-refractivity contribution in [3.8, 4) is 6.07 Å². The third-order valence-corrected chi connectivity index (χ3v) is 5.78. The zero-order valence-corrected chi connectivity index (χ0v) is 17.0. The van der Waals surface area contributed by atoms with Gasteiger partial charge in [0.05, 0.1) is 11.6 Å². The third-order valence-electron chi connectivity index (χ3n) is 5.78. The Balaban J connectivity index is 1.31. The number of carbonyl (C=O) groups excluding carboxylic acids is 2. The van der Waals surface area contributed by atoms with Gasteiger partial charge in [-0.15, -0.1) is 0 Å². The average molecular weight is 398 g/mol. The Bertz CT molecular complexity index is 714. The highest BCUT2D eigenvalue weighted by Gasteiger charge is 2.21. The summed E-state index contributed by atoms with van der Waals surface area (Å²) < 4.78 is 0. The first-order valence-electron chi connectivity index (χ1n) is 10.7. The summed E-state index contributed by atoms with van der Waals surface area (Å²) >= 11 is 0. The van der Waals surface area contributed by atoms with E-state index in [1.807, 2.05) is 29.2 Å². The van der Waals surface area contributed by atoms with Crippen molar-refractivity contribution >= 4 is 11.9 Å². The number of urea groups is 1. The molecule has 3 amide bonds. The van der Waals surface area contributed by atoms with Gasteiger partial charge in [-0.3, -0.25) is 9.69 Å². The summed E-state index contributed by atoms with van der Waals surface area (Å²) in [4.78, 5) is 28.6. The van der Waals surface area contributed by atoms with Crippen LogP contribution in [0.25, 0.3) is 0 Å². The summed E-state index contributed by atoms with van der Waals surface area (Å²) in [5.41, 5.74) is 1.85. The molecule has 3 rings (SSSR count). The van der Waals surface area contributed by atoms with Crippen LogP contribution in [0.3, 0.4) is 0 Å². The monoisotopic (exact) mass is 397 g/mol. The Kier molecular flexibility index (Phi) is 7.88. The largest absolute Gasteiger partial charge is 0.340 e. The van der Waals surface area contributed by atoms with E-state index in [4.69, 9.17) is 5.26 Å². The predicted molar refractivity (Wildman–Crippen MR) is 111 cm³/mol. The highest BCUT2D eigenvalue weighted by atomic mass is 16.2. The molecule has 1 aromatic rings. The Labute approximate surface area is 173 Å². The minimum absolute atomic E-state index is 0.0981. The topological polar surface area (TPSA) is 88.5 Å². The summed E-state index contributed by atoms with van der Waals surface area (Å²) in [5.74, 6) is 0.0981. The smallest absolute Gasteiger partial charge is 0.315 e. The summed E-state index contributed by atoms with van der Waals surface area (Å²) in [7, 11) is 0. The van der Waals surface area contributed by atoms with Gasteiger partial charge in [-0.05, 0) is 30.5 Å². The number of amides is 3. The van der Waals surface area contributed by atoms with Gasteiger partial charge in [0.1, 0.15) is 0 Å². The standard InChI is InChI=1S/C22H31N5O2/c23-16-18-6-8-19(9-7-18)17-26-12-14-27(15-13-26)21(28)10-11-24-22(29)25-20-4-2-1-3-5-20/h6-9,20H,1-5,10-15,17H2,(H2,24,25,29). The van der Waals surface area contributed by atoms with Crippen molar-refractivity contribution in [2.24, 2.45) is 0 Å². The van der Waals surface area contributed by atoms with Gasteiger partial charge in [-0.2, -0.15) is 5.26 Å². The molecule has 1 heterocycles. The molecule has 29 heavy (non-hydrogen) atoms. The van der Waals surface area contributed by atoms with Crippen molar-refractivity contribution < 1.29 is 9.59 Å². The molecular formula is C22H31N5O2. The number of nitriles is 1. The minimum Gasteiger partial charge on any atom is -0.340 e. The zero-order chi connectivity index (χ0) is 20.5. The highest BCUT2D eigenvalue weighted by Crippen LogP contribution is 2.17. The van der Waals surface area contributed by atoms with Crippen molar-refractivity contribution in [1.29, 1.82) is 5.26 Å². The minimum atomic E-state index is -0.156. The lowest BCUT2D eigenvalue weighted by molar-refractivity contribution is -0.132. The van der Waals surface area contributed by atoms with Crippen LogP contribution < -0.4 is 10.6 Å². The molecule has 1 aliphatic heterocycles. The maximum atomic E-state index is 12.4. The van der Waals surface area contributed by atoms with Crippen molar-refractivity contribution in [2.75, 3.05) is 32.7 Å². The van der Waals surface area contributed by atoms with Crippen LogP contribution in [-0.4, -0.2) is 60.5 Å². The molecule has 0 aromatic heterocycles. The summed E-state index contributed by atoms with van der Waals surface area (Å²) in [6.45, 7) is 4.30. The molecule has 0 spiro atoms. The molecule has 2 aliphatic rings. The summed E-state index contributed by atoms with van der Waals surface area (Å²) in [6, 6.07) is 9.91. The number of hydrogen-bond donors (Lipinski definition) is 2. The number of piperazine rings is 1. The van der Waals surface area contributed by atoms with Gasteiger partial charge in [0.2, 0.25) is 5.91 Å². The number of hydrogen-bond acceptors (Lipinski definition) is 4. The molecule has 1 aliphatic carbocycles. The number of benzene rings is 1. The van der Waals surface area contributed by atoms with Gasteiger partial charge in [-0.25, -0.2) is 4.79 Å². The normalized spacial score (nSPS) is 18.1. The summed E-state index contributed by atoms with van der Waals surface area (Å²) in [5, 5.41) is 14.7. The molecule has 2 N–H and O–H groups in total. The van der Waals surface area contributed by atoms with Gasteiger partial charge in [-0.1, -0.05) is 31.4 Å². The molecular weight excluding hydrogens is 366 g/mol. The van der Waals surface area contributed by atoms with Crippen LogP contribution in [0.15, 0.2) is 24.3 Å². The maximum absolute atomic E-state index is 12.4. The quantitative estimate of drug-likeness (QED) is 0.770. The molecule has 1 aromatic carbocycles. The van der Waals surface area contributed by atoms with E-state index in [1.165, 1.54) is 24.8 Å². The Morgan fingerprint density at radius 3 is 2.38 bits per heavy atom. The van der Waals surface area contributed by atoms with Gasteiger partial charge in [0.25, 0.3) is 0 Å². The van der Waals surface area contributed by atoms with E-state index in [0.29, 0.717) is 31.6 Å². The molecule has 156 valence electrons. The fourth-order valence-electron chi connectivity index (χ4n) is 4.02. The number of carbonyl (C=O) groups is 2. The lowest BCUT2D eigenvalue weighted by Gasteiger charge is -2.34. The lowest BCUT2D eigenvalue weighted by atomic mass is 9.96. The second-order valence-corrected chi connectivity index (χ2v) is 7.95. The summed E-state index contributed by atoms with van der Waals surface area (Å²) in [6.07, 6.45) is 6.07. The van der Waals surface area contributed by atoms with Crippen LogP contribution in [0, 0.1) is 11.3 Å². The number of rotatable bonds is 6. The number of nitrogens with one attached hydrogen (secondary N) is 2. The zero-order valence-electron chi connectivity index (χ0n) is 17.0. The second-order valence-electron chi connectivity index (χ2n) is 7.95. The van der Waals surface area contributed by atoms with E-state index >= 15 is 0 Å². The maximum Gasteiger partial charge on any atom is 0.315 e. The van der Waals surface area contributed by atoms with Crippen molar-refractivity contribution in [3.05, 3.63) is 35.4 Å². The average Bonchev–Trinajstić information content (AvgIpc) is 2.75. The molecule has 0 radical (unpaired) electrons. The fourth-order valence-corrected chi connectivity index (χ4v) is 4.02. The van der Waals surface area contributed by atoms with Crippen LogP contribution in [0.5, 0.6) is 0 Å². The first-order valence-corrected chi connectivity index (χ1v) is 10.7. The van der Waals surface area contributed by atoms with E-state index in [2.05, 4.69) is 21.6 Å². The predicted octanol–water partition coefficient (Wildman–Crippen LogP) is 2.22. The van der Waals surface area contributed by atoms with Crippen LogP contribution in [0.1, 0.15) is 49.7 Å². The Morgan fingerprint density at radius 1 is 1.03 bits per heavy atom. The SMILES string of the molecule is N#Cc1ccc(CN2CCN(C(=O)CCNC(=O)NC3CCCCC3)CC2)cc1. The molecule has 1 saturated heterocycles. The van der Waals surface area contributed by atoms with Crippen LogP contribution >= 0.6 is 0 Å². The Morgan fingerprint density at radius 2 is 1.72 bits per heavy atom. The Hall–Kier alpha value is -2.59. The van der Waals surface area contributed by atoms with Crippen molar-refractivity contribution in [2.45, 2.75) is 51.1 Å². The fraction of sp³-hybridized carbons (Fsp3) is 0.591. The van der Waals surface area contributed by atoms with E-state index in [-0.39, 0.29) is 18.0 Å². The van der Waals surface area contributed by atoms with Crippen molar-refractivity contribution in [3.63, 3.8) is 0 Å². The van der Waals surface area contributed by atoms with Crippen molar-refractivity contribution in [1.82, 2.24) is 20.4 Å². The highest BCUT2D eigenvalue weighted by molar-refractivity contribution is 5.78. The second kappa shape index (κ2) is 10.8. The van der Waals surface area contributed by atoms with Gasteiger partial charge >= 0.3 is 6.03 Å². The lowest BCUT2D eigenvalue weighted by Crippen LogP contribution is -2.49. The van der Waals surface area contributed by atoms with E-state index in [0.717, 1.165) is 32.5 Å². The van der Waals surface area contributed by atoms with Gasteiger partial charge in [0, 0.05) is 51.7 Å². The molecule has 1 saturated carbocycles. The molecule has 7 nitrogen and oxygen atoms in total. The van der Waals surface area contributed by atoms with E-state index in [1.54, 1.807) is 0 Å². The first-order chi connectivity index (χ1) is 14.1. The molecule has 0 unspecified atom stereocenters. The van der Waals surface area contributed by atoms with Gasteiger partial charge < -0.3 is 15.5 Å². The third kappa shape index (κ3) is 6.75. The molecule has 0 bridgehead atoms. The van der Waals surface area contributed by atoms with Crippen LogP contribution in [0.4, 0.5) is 4.79 Å². The molecule has 2 fully saturated rings. The van der Waals surface area contributed by atoms with E-state index in [9.17, 15) is 9.59 Å². The molecule has 0 atom stereocenters. The van der Waals surface area contributed by atoms with Gasteiger partial charge in [0.15, 0.2) is 0 Å². The molecule has 7 heteroatoms. The van der Waals surface area contributed by atoms with Crippen LogP contribution in [-0.2, 0) is 11.3 Å². The van der Waals surface area contributed by atoms with Crippen LogP contribution in [0.2, 0.25) is 0 Å². The first kappa shape index (κ1) is 21.1. The number of nitrogens with zero attached hydrogens (tertiary/aromatic N) is 3.